The number of nitrogens with one attached hydrogen (secondary N) is 2. The minimum Gasteiger partial charge on any atom is -0.373 e. The van der Waals surface area contributed by atoms with Gasteiger partial charge in [-0.2, -0.15) is 0 Å². The minimum absolute atomic E-state index is 0.0317. The minimum atomic E-state index is -0.215. The van der Waals surface area contributed by atoms with Crippen LogP contribution < -0.4 is 15.5 Å². The van der Waals surface area contributed by atoms with E-state index in [0.717, 1.165) is 49.5 Å². The van der Waals surface area contributed by atoms with Gasteiger partial charge < -0.3 is 20.4 Å². The molecule has 1 atom stereocenters. The van der Waals surface area contributed by atoms with Crippen LogP contribution >= 0.6 is 0 Å². The van der Waals surface area contributed by atoms with E-state index in [0.29, 0.717) is 0 Å². The molecule has 2 heterocycles. The van der Waals surface area contributed by atoms with Crippen LogP contribution in [0.25, 0.3) is 0 Å². The van der Waals surface area contributed by atoms with Crippen LogP contribution in [0.2, 0.25) is 0 Å². The number of piperazine rings is 1. The highest BCUT2D eigenvalue weighted by atomic mass is 16.2. The van der Waals surface area contributed by atoms with E-state index in [9.17, 15) is 4.79 Å². The van der Waals surface area contributed by atoms with Gasteiger partial charge in [-0.15, -0.1) is 0 Å². The Bertz CT molecular complexity index is 855. The number of nitrogens with zero attached hydrogens (tertiary/aromatic N) is 2. The fourth-order valence-electron chi connectivity index (χ4n) is 3.93. The van der Waals surface area contributed by atoms with Crippen molar-refractivity contribution < 1.29 is 4.79 Å². The number of para-hydroxylation sites is 1. The number of anilines is 3. The Morgan fingerprint density at radius 3 is 2.59 bits per heavy atom. The van der Waals surface area contributed by atoms with Crippen molar-refractivity contribution in [3.05, 3.63) is 53.1 Å². The number of rotatable bonds is 3. The Labute approximate surface area is 161 Å². The lowest BCUT2D eigenvalue weighted by molar-refractivity contribution is -0.116. The van der Waals surface area contributed by atoms with E-state index in [1.807, 2.05) is 6.92 Å². The molecule has 0 aliphatic carbocycles. The molecule has 0 radical (unpaired) electrons. The second-order valence-corrected chi connectivity index (χ2v) is 7.79. The number of carbonyl (C=O) groups excluding carboxylic acids is 1. The molecule has 2 aromatic rings. The fourth-order valence-corrected chi connectivity index (χ4v) is 3.93. The van der Waals surface area contributed by atoms with E-state index in [-0.39, 0.29) is 11.9 Å². The average Bonchev–Trinajstić information content (AvgIpc) is 3.10. The van der Waals surface area contributed by atoms with E-state index in [4.69, 9.17) is 0 Å². The number of fused-ring (bicyclic) bond motifs is 1. The molecule has 5 heteroatoms. The van der Waals surface area contributed by atoms with Crippen LogP contribution in [-0.2, 0) is 11.2 Å². The summed E-state index contributed by atoms with van der Waals surface area (Å²) in [5.41, 5.74) is 6.70. The van der Waals surface area contributed by atoms with E-state index >= 15 is 0 Å². The van der Waals surface area contributed by atoms with Gasteiger partial charge in [0.2, 0.25) is 5.91 Å². The van der Waals surface area contributed by atoms with E-state index in [2.05, 4.69) is 70.8 Å². The average molecular weight is 364 g/mol. The molecule has 2 aliphatic heterocycles. The molecule has 1 unspecified atom stereocenters. The van der Waals surface area contributed by atoms with Crippen LogP contribution in [0, 0.1) is 13.8 Å². The smallest absolute Gasteiger partial charge is 0.247 e. The van der Waals surface area contributed by atoms with Crippen LogP contribution in [0.1, 0.15) is 16.7 Å². The summed E-state index contributed by atoms with van der Waals surface area (Å²) < 4.78 is 0. The van der Waals surface area contributed by atoms with Gasteiger partial charge in [0, 0.05) is 49.7 Å². The lowest BCUT2D eigenvalue weighted by atomic mass is 10.1. The molecule has 0 spiro atoms. The predicted molar refractivity (Wildman–Crippen MR) is 112 cm³/mol. The third-order valence-electron chi connectivity index (χ3n) is 5.77. The maximum atomic E-state index is 12.9. The van der Waals surface area contributed by atoms with Gasteiger partial charge in [-0.1, -0.05) is 24.3 Å². The standard InChI is InChI=1S/C22H28N4O/c1-15-7-8-18(26-11-9-25(3)10-12-26)14-19(15)24-22(27)20-13-17-6-4-5-16(2)21(17)23-20/h4-8,14,20,23H,9-13H2,1-3H3,(H,24,27). The van der Waals surface area contributed by atoms with E-state index in [1.54, 1.807) is 0 Å². The topological polar surface area (TPSA) is 47.6 Å². The molecule has 2 aliphatic rings. The quantitative estimate of drug-likeness (QED) is 0.879. The van der Waals surface area contributed by atoms with E-state index < -0.39 is 0 Å². The number of aryl methyl sites for hydroxylation is 2. The third-order valence-corrected chi connectivity index (χ3v) is 5.77. The fraction of sp³-hybridized carbons (Fsp3) is 0.409. The molecule has 2 N–H and O–H groups in total. The van der Waals surface area contributed by atoms with Gasteiger partial charge in [-0.05, 0) is 49.7 Å². The van der Waals surface area contributed by atoms with Gasteiger partial charge in [0.25, 0.3) is 0 Å². The second-order valence-electron chi connectivity index (χ2n) is 7.79. The Morgan fingerprint density at radius 1 is 1.07 bits per heavy atom. The van der Waals surface area contributed by atoms with Crippen molar-refractivity contribution in [2.24, 2.45) is 0 Å². The van der Waals surface area contributed by atoms with Crippen molar-refractivity contribution in [1.29, 1.82) is 0 Å². The molecule has 4 rings (SSSR count). The summed E-state index contributed by atoms with van der Waals surface area (Å²) in [6, 6.07) is 12.4. The summed E-state index contributed by atoms with van der Waals surface area (Å²) in [5, 5.41) is 6.55. The maximum Gasteiger partial charge on any atom is 0.247 e. The molecular weight excluding hydrogens is 336 g/mol. The third kappa shape index (κ3) is 3.65. The highest BCUT2D eigenvalue weighted by Gasteiger charge is 2.28. The van der Waals surface area contributed by atoms with Gasteiger partial charge in [0.05, 0.1) is 0 Å². The highest BCUT2D eigenvalue weighted by molar-refractivity contribution is 5.99. The predicted octanol–water partition coefficient (Wildman–Crippen LogP) is 3.03. The molecule has 0 bridgehead atoms. The molecule has 1 saturated heterocycles. The van der Waals surface area contributed by atoms with Gasteiger partial charge in [0.1, 0.15) is 6.04 Å². The van der Waals surface area contributed by atoms with Crippen LogP contribution in [0.4, 0.5) is 17.1 Å². The molecule has 2 aromatic carbocycles. The molecule has 1 fully saturated rings. The monoisotopic (exact) mass is 364 g/mol. The van der Waals surface area contributed by atoms with Crippen LogP contribution in [-0.4, -0.2) is 50.1 Å². The van der Waals surface area contributed by atoms with Crippen LogP contribution in [0.15, 0.2) is 36.4 Å². The van der Waals surface area contributed by atoms with Crippen molar-refractivity contribution in [3.63, 3.8) is 0 Å². The second kappa shape index (κ2) is 7.24. The Kier molecular flexibility index (Phi) is 4.79. The summed E-state index contributed by atoms with van der Waals surface area (Å²) in [4.78, 5) is 17.6. The van der Waals surface area contributed by atoms with Crippen molar-refractivity contribution in [2.75, 3.05) is 48.8 Å². The number of hydrogen-bond donors (Lipinski definition) is 2. The SMILES string of the molecule is Cc1ccc(N2CCN(C)CC2)cc1NC(=O)C1Cc2cccc(C)c2N1. The number of hydrogen-bond acceptors (Lipinski definition) is 4. The molecule has 1 amide bonds. The van der Waals surface area contributed by atoms with Crippen LogP contribution in [0.3, 0.4) is 0 Å². The van der Waals surface area contributed by atoms with Gasteiger partial charge >= 0.3 is 0 Å². The van der Waals surface area contributed by atoms with Crippen LogP contribution in [0.5, 0.6) is 0 Å². The van der Waals surface area contributed by atoms with E-state index in [1.165, 1.54) is 16.8 Å². The zero-order chi connectivity index (χ0) is 19.0. The first kappa shape index (κ1) is 17.9. The molecular formula is C22H28N4O. The first-order valence-corrected chi connectivity index (χ1v) is 9.71. The van der Waals surface area contributed by atoms with Crippen molar-refractivity contribution in [1.82, 2.24) is 4.90 Å². The summed E-state index contributed by atoms with van der Waals surface area (Å²) in [5.74, 6) is 0.0317. The largest absolute Gasteiger partial charge is 0.373 e. The molecule has 5 nitrogen and oxygen atoms in total. The van der Waals surface area contributed by atoms with Gasteiger partial charge in [-0.25, -0.2) is 0 Å². The zero-order valence-electron chi connectivity index (χ0n) is 16.4. The molecule has 142 valence electrons. The Morgan fingerprint density at radius 2 is 1.85 bits per heavy atom. The van der Waals surface area contributed by atoms with Crippen molar-refractivity contribution in [3.8, 4) is 0 Å². The highest BCUT2D eigenvalue weighted by Crippen LogP contribution is 2.30. The van der Waals surface area contributed by atoms with Gasteiger partial charge in [-0.3, -0.25) is 4.79 Å². The zero-order valence-corrected chi connectivity index (χ0v) is 16.4. The normalized spacial score (nSPS) is 19.5. The molecule has 0 saturated carbocycles. The maximum absolute atomic E-state index is 12.9. The Hall–Kier alpha value is -2.53. The number of benzene rings is 2. The molecule has 0 aromatic heterocycles. The van der Waals surface area contributed by atoms with Crippen molar-refractivity contribution >= 4 is 23.0 Å². The lowest BCUT2D eigenvalue weighted by Gasteiger charge is -2.34. The Balaban J connectivity index is 1.47. The number of amides is 1. The van der Waals surface area contributed by atoms with Gasteiger partial charge in [0.15, 0.2) is 0 Å². The first-order chi connectivity index (χ1) is 13.0. The number of likely N-dealkylation sites (N-methyl/N-ethyl adjacent to an activating group) is 1. The summed E-state index contributed by atoms with van der Waals surface area (Å²) >= 11 is 0. The first-order valence-electron chi connectivity index (χ1n) is 9.71. The molecule has 27 heavy (non-hydrogen) atoms. The number of carbonyl (C=O) groups is 1. The lowest BCUT2D eigenvalue weighted by Crippen LogP contribution is -2.44. The summed E-state index contributed by atoms with van der Waals surface area (Å²) in [6.07, 6.45) is 0.736. The summed E-state index contributed by atoms with van der Waals surface area (Å²) in [7, 11) is 2.16. The summed E-state index contributed by atoms with van der Waals surface area (Å²) in [6.45, 7) is 8.30. The van der Waals surface area contributed by atoms with Crippen molar-refractivity contribution in [2.45, 2.75) is 26.3 Å².